The maximum atomic E-state index is 15.0. The van der Waals surface area contributed by atoms with Gasteiger partial charge in [-0.1, -0.05) is 60.7 Å². The van der Waals surface area contributed by atoms with E-state index in [0.717, 1.165) is 33.0 Å². The fraction of sp³-hybridized carbons (Fsp3) is 0.298. The van der Waals surface area contributed by atoms with Crippen LogP contribution in [0.2, 0.25) is 0 Å². The van der Waals surface area contributed by atoms with Gasteiger partial charge in [-0.05, 0) is 113 Å². The first-order valence-corrected chi connectivity index (χ1v) is 19.3. The second kappa shape index (κ2) is 19.1. The molecule has 0 aliphatic rings. The van der Waals surface area contributed by atoms with Crippen LogP contribution in [0.3, 0.4) is 0 Å². The number of Topliss-reactive ketones (excluding diaryl/α,β-unsaturated/α-hetero) is 1. The zero-order valence-electron chi connectivity index (χ0n) is 33.1. The van der Waals surface area contributed by atoms with E-state index in [1.165, 1.54) is 20.3 Å². The number of phenols is 2. The van der Waals surface area contributed by atoms with Gasteiger partial charge in [0, 0.05) is 37.3 Å². The number of ether oxygens (including phenoxy) is 3. The number of aliphatic hydroxyl groups is 3. The minimum absolute atomic E-state index is 0.0000830. The number of H-pyrrole nitrogens is 1. The fourth-order valence-corrected chi connectivity index (χ4v) is 8.09. The van der Waals surface area contributed by atoms with Crippen molar-refractivity contribution >= 4 is 16.6 Å². The van der Waals surface area contributed by atoms with Gasteiger partial charge in [0.25, 0.3) is 0 Å². The van der Waals surface area contributed by atoms with E-state index in [1.54, 1.807) is 43.4 Å². The molecule has 11 heteroatoms. The Kier molecular flexibility index (Phi) is 13.7. The highest BCUT2D eigenvalue weighted by Crippen LogP contribution is 2.40. The van der Waals surface area contributed by atoms with E-state index < -0.39 is 36.6 Å². The highest BCUT2D eigenvalue weighted by atomic mass is 16.6. The van der Waals surface area contributed by atoms with Gasteiger partial charge in [-0.15, -0.1) is 0 Å². The summed E-state index contributed by atoms with van der Waals surface area (Å²) in [5.74, 6) is 0.00636. The normalized spacial score (nSPS) is 13.5. The average molecular weight is 789 g/mol. The summed E-state index contributed by atoms with van der Waals surface area (Å²) in [4.78, 5) is 18.1. The zero-order valence-corrected chi connectivity index (χ0v) is 33.1. The number of fused-ring (bicyclic) bond motifs is 1. The van der Waals surface area contributed by atoms with Crippen LogP contribution in [0.25, 0.3) is 10.8 Å². The number of aromatic nitrogens is 1. The Morgan fingerprint density at radius 1 is 0.828 bits per heavy atom. The molecule has 0 fully saturated rings. The van der Waals surface area contributed by atoms with E-state index in [4.69, 9.17) is 14.2 Å². The van der Waals surface area contributed by atoms with E-state index in [9.17, 15) is 30.3 Å². The highest BCUT2D eigenvalue weighted by molar-refractivity contribution is 5.91. The third-order valence-electron chi connectivity index (χ3n) is 11.0. The van der Waals surface area contributed by atoms with Gasteiger partial charge in [0.2, 0.25) is 0 Å². The summed E-state index contributed by atoms with van der Waals surface area (Å²) in [5, 5.41) is 60.1. The van der Waals surface area contributed by atoms with Crippen LogP contribution in [0, 0.1) is 5.92 Å². The van der Waals surface area contributed by atoms with Crippen LogP contribution in [0.4, 0.5) is 0 Å². The van der Waals surface area contributed by atoms with Crippen LogP contribution in [0.15, 0.2) is 109 Å². The molecule has 1 aromatic heterocycles. The standard InChI is InChI=1S/C47H52N2O9/c1-48-26-32-18-37(23-38(52)19-32)47(28-50,25-30-11-14-43(58-29-51)44(20-30)56-2)45(55)24-42(54)36(17-31-15-16-49-27-31)21-35-12-13-41(53)46(57-3)40(35)22-34-9-6-8-33-7-4-5-10-39(33)34/h4-16,18-20,23,27,36,42,48-54H,17,21-22,24-26,28-29H2,1-3H3/t36-,42-,47+/m1/s1. The van der Waals surface area contributed by atoms with E-state index in [-0.39, 0.29) is 24.3 Å². The van der Waals surface area contributed by atoms with Crippen molar-refractivity contribution in [1.82, 2.24) is 10.3 Å². The van der Waals surface area contributed by atoms with Gasteiger partial charge in [-0.2, -0.15) is 0 Å². The molecule has 0 saturated carbocycles. The van der Waals surface area contributed by atoms with Gasteiger partial charge in [0.05, 0.1) is 32.3 Å². The maximum Gasteiger partial charge on any atom is 0.186 e. The first-order chi connectivity index (χ1) is 28.1. The van der Waals surface area contributed by atoms with Crippen molar-refractivity contribution in [3.63, 3.8) is 0 Å². The topological polar surface area (TPSA) is 174 Å². The minimum Gasteiger partial charge on any atom is -0.508 e. The first-order valence-electron chi connectivity index (χ1n) is 19.3. The third-order valence-corrected chi connectivity index (χ3v) is 11.0. The van der Waals surface area contributed by atoms with Crippen LogP contribution in [0.1, 0.15) is 45.4 Å². The van der Waals surface area contributed by atoms with Gasteiger partial charge in [0.1, 0.15) is 11.5 Å². The number of hydrogen-bond donors (Lipinski definition) is 7. The van der Waals surface area contributed by atoms with Crippen molar-refractivity contribution in [2.75, 3.05) is 34.7 Å². The number of aliphatic hydroxyl groups excluding tert-OH is 3. The largest absolute Gasteiger partial charge is 0.508 e. The van der Waals surface area contributed by atoms with Crippen LogP contribution < -0.4 is 19.5 Å². The number of carbonyl (C=O) groups excluding carboxylic acids is 1. The van der Waals surface area contributed by atoms with Crippen molar-refractivity contribution in [2.45, 2.75) is 50.2 Å². The van der Waals surface area contributed by atoms with Gasteiger partial charge in [-0.3, -0.25) is 4.79 Å². The molecule has 0 amide bonds. The second-order valence-electron chi connectivity index (χ2n) is 14.7. The molecule has 0 saturated heterocycles. The molecule has 304 valence electrons. The summed E-state index contributed by atoms with van der Waals surface area (Å²) in [6.45, 7) is -0.780. The number of carbonyl (C=O) groups is 1. The van der Waals surface area contributed by atoms with Crippen molar-refractivity contribution in [3.8, 4) is 28.7 Å². The number of nitrogens with one attached hydrogen (secondary N) is 2. The number of ketones is 1. The number of methoxy groups -OCH3 is 2. The summed E-state index contributed by atoms with van der Waals surface area (Å²) in [5.41, 5.74) is 3.75. The average Bonchev–Trinajstić information content (AvgIpc) is 3.74. The molecule has 5 aromatic carbocycles. The molecule has 58 heavy (non-hydrogen) atoms. The van der Waals surface area contributed by atoms with Gasteiger partial charge < -0.3 is 50.0 Å². The molecule has 3 atom stereocenters. The maximum absolute atomic E-state index is 15.0. The molecule has 0 aliphatic carbocycles. The monoisotopic (exact) mass is 788 g/mol. The van der Waals surface area contributed by atoms with Crippen LogP contribution in [-0.2, 0) is 42.4 Å². The molecule has 0 unspecified atom stereocenters. The van der Waals surface area contributed by atoms with Crippen LogP contribution in [0.5, 0.6) is 28.7 Å². The van der Waals surface area contributed by atoms with E-state index >= 15 is 0 Å². The molecule has 6 rings (SSSR count). The van der Waals surface area contributed by atoms with E-state index in [2.05, 4.69) is 34.6 Å². The highest BCUT2D eigenvalue weighted by Gasteiger charge is 2.42. The summed E-state index contributed by atoms with van der Waals surface area (Å²) < 4.78 is 16.6. The smallest absolute Gasteiger partial charge is 0.186 e. The van der Waals surface area contributed by atoms with Gasteiger partial charge in [0.15, 0.2) is 29.8 Å². The van der Waals surface area contributed by atoms with E-state index in [1.807, 2.05) is 42.7 Å². The lowest BCUT2D eigenvalue weighted by atomic mass is 9.70. The Balaban J connectivity index is 1.39. The summed E-state index contributed by atoms with van der Waals surface area (Å²) in [7, 11) is 4.76. The molecule has 0 aliphatic heterocycles. The lowest BCUT2D eigenvalue weighted by molar-refractivity contribution is -0.129. The Labute approximate surface area is 338 Å². The third kappa shape index (κ3) is 9.30. The first kappa shape index (κ1) is 41.8. The van der Waals surface area contributed by atoms with Gasteiger partial charge in [-0.25, -0.2) is 0 Å². The van der Waals surface area contributed by atoms with Crippen LogP contribution >= 0.6 is 0 Å². The molecule has 0 radical (unpaired) electrons. The second-order valence-corrected chi connectivity index (χ2v) is 14.7. The molecule has 0 bridgehead atoms. The Bertz CT molecular complexity index is 2300. The predicted molar refractivity (Wildman–Crippen MR) is 223 cm³/mol. The molecular formula is C47H52N2O9. The minimum atomic E-state index is -1.59. The molecule has 1 heterocycles. The number of benzene rings is 5. The van der Waals surface area contributed by atoms with Gasteiger partial charge >= 0.3 is 0 Å². The lowest BCUT2D eigenvalue weighted by Gasteiger charge is -2.34. The molecule has 6 aromatic rings. The Morgan fingerprint density at radius 2 is 1.64 bits per heavy atom. The summed E-state index contributed by atoms with van der Waals surface area (Å²) >= 11 is 0. The van der Waals surface area contributed by atoms with Crippen molar-refractivity contribution in [3.05, 3.63) is 148 Å². The number of aromatic amines is 1. The predicted octanol–water partition coefficient (Wildman–Crippen LogP) is 6.13. The van der Waals surface area contributed by atoms with Crippen molar-refractivity contribution in [2.24, 2.45) is 5.92 Å². The quantitative estimate of drug-likeness (QED) is 0.0446. The Morgan fingerprint density at radius 3 is 2.36 bits per heavy atom. The van der Waals surface area contributed by atoms with Crippen LogP contribution in [-0.4, -0.2) is 77.1 Å². The SMILES string of the molecule is CNCc1cc(O)cc([C@@](CO)(Cc2ccc(OCO)c(OC)c2)C(=O)C[C@@H](O)[C@H](Cc2cc[nH]c2)Cc2ccc(O)c(OC)c2Cc2cccc3ccccc23)c1. The zero-order chi connectivity index (χ0) is 41.2. The number of rotatable bonds is 20. The summed E-state index contributed by atoms with van der Waals surface area (Å²) in [6.07, 6.45) is 3.39. The van der Waals surface area contributed by atoms with E-state index in [0.29, 0.717) is 59.7 Å². The number of phenolic OH excluding ortho intramolecular Hbond substituents is 2. The fourth-order valence-electron chi connectivity index (χ4n) is 8.09. The molecule has 7 N–H and O–H groups in total. The Hall–Kier alpha value is -5.85. The molecular weight excluding hydrogens is 737 g/mol. The lowest BCUT2D eigenvalue weighted by Crippen LogP contribution is -2.44. The molecule has 11 nitrogen and oxygen atoms in total. The number of hydrogen-bond acceptors (Lipinski definition) is 10. The van der Waals surface area contributed by atoms with Crippen molar-refractivity contribution in [1.29, 1.82) is 0 Å². The molecule has 0 spiro atoms. The number of aromatic hydroxyl groups is 2. The van der Waals surface area contributed by atoms with Crippen molar-refractivity contribution < 1.29 is 44.5 Å². The summed E-state index contributed by atoms with van der Waals surface area (Å²) in [6, 6.07) is 29.5.